The summed E-state index contributed by atoms with van der Waals surface area (Å²) in [6.45, 7) is 2.15. The van der Waals surface area contributed by atoms with Gasteiger partial charge in [0.2, 0.25) is 0 Å². The lowest BCUT2D eigenvalue weighted by Crippen LogP contribution is -2.17. The Kier molecular flexibility index (Phi) is 9.35. The van der Waals surface area contributed by atoms with Gasteiger partial charge in [-0.2, -0.15) is 4.99 Å². The van der Waals surface area contributed by atoms with Crippen LogP contribution in [0.3, 0.4) is 0 Å². The maximum absolute atomic E-state index is 15.2. The maximum Gasteiger partial charge on any atom is 0.149 e. The summed E-state index contributed by atoms with van der Waals surface area (Å²) in [5, 5.41) is 4.32. The first kappa shape index (κ1) is 28.8. The standard InChI is InChI=1S/C36H32F3NS/c1-2-5-24-10-15-31-30(20-24)22-33(37)32(36(31)39)16-11-27-9-14-28-18-25(8-13-29(28)19-27)6-3-4-7-26-12-17-35(40-23-41)34(38)21-26/h8-9,12-14,17-19,21-22,24H,2-7,10,15,20H2,1H3. The second-order valence-electron chi connectivity index (χ2n) is 10.9. The van der Waals surface area contributed by atoms with E-state index in [1.54, 1.807) is 6.07 Å². The minimum Gasteiger partial charge on any atom is -0.206 e. The third-order valence-electron chi connectivity index (χ3n) is 8.02. The highest BCUT2D eigenvalue weighted by atomic mass is 32.1. The number of hydrogen-bond donors (Lipinski definition) is 0. The zero-order valence-corrected chi connectivity index (χ0v) is 24.0. The molecule has 0 aromatic heterocycles. The molecular weight excluding hydrogens is 535 g/mol. The number of thiocarbonyl (C=S) groups is 1. The van der Waals surface area contributed by atoms with Crippen molar-refractivity contribution in [2.75, 3.05) is 0 Å². The smallest absolute Gasteiger partial charge is 0.149 e. The van der Waals surface area contributed by atoms with Crippen molar-refractivity contribution in [3.8, 4) is 11.8 Å². The molecule has 0 spiro atoms. The highest BCUT2D eigenvalue weighted by Gasteiger charge is 2.24. The molecule has 0 amide bonds. The van der Waals surface area contributed by atoms with Crippen LogP contribution in [-0.4, -0.2) is 5.16 Å². The Morgan fingerprint density at radius 3 is 2.34 bits per heavy atom. The molecule has 0 aliphatic heterocycles. The highest BCUT2D eigenvalue weighted by Crippen LogP contribution is 2.32. The quantitative estimate of drug-likeness (QED) is 0.0893. The predicted octanol–water partition coefficient (Wildman–Crippen LogP) is 9.86. The van der Waals surface area contributed by atoms with Gasteiger partial charge in [0, 0.05) is 5.56 Å². The van der Waals surface area contributed by atoms with E-state index in [2.05, 4.69) is 59.3 Å². The lowest BCUT2D eigenvalue weighted by molar-refractivity contribution is 0.411. The summed E-state index contributed by atoms with van der Waals surface area (Å²) < 4.78 is 44.1. The van der Waals surface area contributed by atoms with Gasteiger partial charge in [0.05, 0.1) is 10.7 Å². The van der Waals surface area contributed by atoms with E-state index in [4.69, 9.17) is 0 Å². The number of rotatable bonds is 8. The number of nitrogens with zero attached hydrogens (tertiary/aromatic N) is 1. The van der Waals surface area contributed by atoms with Gasteiger partial charge in [-0.1, -0.05) is 61.9 Å². The van der Waals surface area contributed by atoms with Crippen LogP contribution in [0.5, 0.6) is 0 Å². The predicted molar refractivity (Wildman–Crippen MR) is 164 cm³/mol. The van der Waals surface area contributed by atoms with E-state index in [1.165, 1.54) is 17.7 Å². The van der Waals surface area contributed by atoms with E-state index < -0.39 is 11.6 Å². The first-order chi connectivity index (χ1) is 19.9. The number of benzene rings is 4. The summed E-state index contributed by atoms with van der Waals surface area (Å²) in [5.74, 6) is 4.84. The molecule has 0 bridgehead atoms. The summed E-state index contributed by atoms with van der Waals surface area (Å²) >= 11 is 4.54. The largest absolute Gasteiger partial charge is 0.206 e. The fourth-order valence-corrected chi connectivity index (χ4v) is 5.96. The van der Waals surface area contributed by atoms with Crippen LogP contribution in [0.4, 0.5) is 18.9 Å². The molecule has 4 aromatic rings. The molecule has 4 aromatic carbocycles. The van der Waals surface area contributed by atoms with Gasteiger partial charge in [-0.15, -0.1) is 0 Å². The number of aryl methyl sites for hydroxylation is 2. The molecule has 0 heterocycles. The minimum absolute atomic E-state index is 0.129. The lowest BCUT2D eigenvalue weighted by Gasteiger charge is -2.25. The Morgan fingerprint density at radius 1 is 0.854 bits per heavy atom. The van der Waals surface area contributed by atoms with Crippen LogP contribution in [0.25, 0.3) is 10.8 Å². The van der Waals surface area contributed by atoms with Gasteiger partial charge in [0.1, 0.15) is 23.1 Å². The van der Waals surface area contributed by atoms with Crippen molar-refractivity contribution >= 4 is 33.8 Å². The van der Waals surface area contributed by atoms with Crippen LogP contribution in [0.1, 0.15) is 72.4 Å². The normalized spacial score (nSPS) is 14.2. The SMILES string of the molecule is CCCC1CCc2c(cc(F)c(C#Cc3ccc4cc(CCCCc5ccc(N=C=S)c(F)c5)ccc4c3)c2F)C1. The number of halogens is 3. The molecule has 5 rings (SSSR count). The van der Waals surface area contributed by atoms with Gasteiger partial charge in [0.15, 0.2) is 0 Å². The maximum atomic E-state index is 15.2. The van der Waals surface area contributed by atoms with Crippen LogP contribution in [0.15, 0.2) is 65.7 Å². The third-order valence-corrected chi connectivity index (χ3v) is 8.11. The van der Waals surface area contributed by atoms with E-state index in [-0.39, 0.29) is 17.1 Å². The summed E-state index contributed by atoms with van der Waals surface area (Å²) in [6.07, 6.45) is 8.16. The summed E-state index contributed by atoms with van der Waals surface area (Å²) in [7, 11) is 0. The molecule has 0 fully saturated rings. The average molecular weight is 568 g/mol. The summed E-state index contributed by atoms with van der Waals surface area (Å²) in [6, 6.07) is 18.7. The minimum atomic E-state index is -0.571. The topological polar surface area (TPSA) is 12.4 Å². The molecule has 0 saturated heterocycles. The number of fused-ring (bicyclic) bond motifs is 2. The fourth-order valence-electron chi connectivity index (χ4n) is 5.86. The number of aliphatic imine (C=N–C) groups is 1. The van der Waals surface area contributed by atoms with Crippen molar-refractivity contribution in [3.05, 3.63) is 111 Å². The van der Waals surface area contributed by atoms with E-state index in [0.717, 1.165) is 78.8 Å². The second-order valence-corrected chi connectivity index (χ2v) is 11.1. The van der Waals surface area contributed by atoms with Crippen LogP contribution in [-0.2, 0) is 25.7 Å². The fraction of sp³-hybridized carbons (Fsp3) is 0.306. The number of unbranched alkanes of at least 4 members (excludes halogenated alkanes) is 1. The average Bonchev–Trinajstić information content (AvgIpc) is 2.96. The molecular formula is C36H32F3NS. The second kappa shape index (κ2) is 13.3. The van der Waals surface area contributed by atoms with Crippen molar-refractivity contribution in [3.63, 3.8) is 0 Å². The van der Waals surface area contributed by atoms with E-state index >= 15 is 4.39 Å². The number of isothiocyanates is 1. The molecule has 1 atom stereocenters. The van der Waals surface area contributed by atoms with Gasteiger partial charge in [0.25, 0.3) is 0 Å². The van der Waals surface area contributed by atoms with Gasteiger partial charge in [-0.25, -0.2) is 13.2 Å². The van der Waals surface area contributed by atoms with E-state index in [1.807, 2.05) is 24.3 Å². The lowest BCUT2D eigenvalue weighted by atomic mass is 9.81. The Hall–Kier alpha value is -3.71. The summed E-state index contributed by atoms with van der Waals surface area (Å²) in [4.78, 5) is 3.72. The molecule has 0 radical (unpaired) electrons. The Morgan fingerprint density at radius 2 is 1.59 bits per heavy atom. The van der Waals surface area contributed by atoms with Crippen molar-refractivity contribution < 1.29 is 13.2 Å². The molecule has 1 nitrogen and oxygen atoms in total. The summed E-state index contributed by atoms with van der Waals surface area (Å²) in [5.41, 5.74) is 4.41. The first-order valence-electron chi connectivity index (χ1n) is 14.4. The van der Waals surface area contributed by atoms with Crippen molar-refractivity contribution in [2.45, 2.75) is 64.7 Å². The van der Waals surface area contributed by atoms with Gasteiger partial charge in [-0.3, -0.25) is 0 Å². The Labute approximate surface area is 245 Å². The third kappa shape index (κ3) is 6.96. The Bertz CT molecular complexity index is 1690. The molecule has 1 aliphatic rings. The molecule has 1 aliphatic carbocycles. The van der Waals surface area contributed by atoms with Crippen molar-refractivity contribution in [1.82, 2.24) is 0 Å². The van der Waals surface area contributed by atoms with Crippen LogP contribution in [0.2, 0.25) is 0 Å². The monoisotopic (exact) mass is 567 g/mol. The van der Waals surface area contributed by atoms with Crippen LogP contribution in [0, 0.1) is 35.2 Å². The van der Waals surface area contributed by atoms with Gasteiger partial charge < -0.3 is 0 Å². The molecule has 0 N–H and O–H groups in total. The number of hydrogen-bond acceptors (Lipinski definition) is 2. The molecule has 5 heteroatoms. The molecule has 1 unspecified atom stereocenters. The van der Waals surface area contributed by atoms with Gasteiger partial charge in [-0.05, 0) is 126 Å². The molecule has 41 heavy (non-hydrogen) atoms. The first-order valence-corrected chi connectivity index (χ1v) is 14.8. The van der Waals surface area contributed by atoms with E-state index in [9.17, 15) is 8.78 Å². The zero-order valence-electron chi connectivity index (χ0n) is 23.2. The van der Waals surface area contributed by atoms with Crippen LogP contribution < -0.4 is 0 Å². The zero-order chi connectivity index (χ0) is 28.8. The van der Waals surface area contributed by atoms with Gasteiger partial charge >= 0.3 is 0 Å². The highest BCUT2D eigenvalue weighted by molar-refractivity contribution is 7.78. The van der Waals surface area contributed by atoms with Crippen molar-refractivity contribution in [1.29, 1.82) is 0 Å². The van der Waals surface area contributed by atoms with E-state index in [0.29, 0.717) is 17.9 Å². The molecule has 0 saturated carbocycles. The molecule has 208 valence electrons. The van der Waals surface area contributed by atoms with Crippen molar-refractivity contribution in [2.24, 2.45) is 10.9 Å². The van der Waals surface area contributed by atoms with Crippen LogP contribution >= 0.6 is 12.2 Å². The Balaban J connectivity index is 1.22.